The molecule has 0 bridgehead atoms. The zero-order chi connectivity index (χ0) is 20.1. The van der Waals surface area contributed by atoms with Gasteiger partial charge < -0.3 is 5.32 Å². The lowest BCUT2D eigenvalue weighted by molar-refractivity contribution is -0.0436. The van der Waals surface area contributed by atoms with E-state index in [0.29, 0.717) is 17.1 Å². The Hall–Kier alpha value is -2.07. The number of carbonyl (C=O) groups excluding carboxylic acids is 1. The number of thioether (sulfide) groups is 1. The van der Waals surface area contributed by atoms with Gasteiger partial charge in [-0.05, 0) is 35.9 Å². The van der Waals surface area contributed by atoms with E-state index >= 15 is 0 Å². The van der Waals surface area contributed by atoms with Crippen molar-refractivity contribution in [1.82, 2.24) is 5.32 Å². The van der Waals surface area contributed by atoms with Gasteiger partial charge in [-0.3, -0.25) is 4.79 Å². The molecule has 10 heteroatoms. The number of benzene rings is 2. The number of amides is 1. The molecule has 0 saturated carbocycles. The number of sulfone groups is 1. The average molecular weight is 421 g/mol. The Morgan fingerprint density at radius 1 is 1.04 bits per heavy atom. The summed E-state index contributed by atoms with van der Waals surface area (Å²) in [5.41, 5.74) is -4.81. The van der Waals surface area contributed by atoms with E-state index in [-0.39, 0.29) is 17.9 Å². The van der Waals surface area contributed by atoms with E-state index in [2.05, 4.69) is 5.32 Å². The van der Waals surface area contributed by atoms with Crippen LogP contribution in [0.2, 0.25) is 0 Å². The zero-order valence-corrected chi connectivity index (χ0v) is 15.4. The number of alkyl halides is 3. The molecule has 0 aliphatic rings. The van der Waals surface area contributed by atoms with Gasteiger partial charge in [-0.1, -0.05) is 18.2 Å². The second kappa shape index (κ2) is 8.75. The minimum absolute atomic E-state index is 0.0372. The molecular weight excluding hydrogens is 406 g/mol. The monoisotopic (exact) mass is 421 g/mol. The first-order valence-electron chi connectivity index (χ1n) is 7.63. The molecule has 2 rings (SSSR count). The predicted octanol–water partition coefficient (Wildman–Crippen LogP) is 3.78. The fraction of sp³-hybridized carbons (Fsp3) is 0.235. The van der Waals surface area contributed by atoms with E-state index in [1.165, 1.54) is 17.8 Å². The van der Waals surface area contributed by atoms with E-state index < -0.39 is 26.1 Å². The average Bonchev–Trinajstić information content (AvgIpc) is 2.62. The highest BCUT2D eigenvalue weighted by atomic mass is 32.2. The summed E-state index contributed by atoms with van der Waals surface area (Å²) in [4.78, 5) is 11.0. The molecule has 27 heavy (non-hydrogen) atoms. The van der Waals surface area contributed by atoms with Crippen LogP contribution in [-0.2, 0) is 15.6 Å². The lowest BCUT2D eigenvalue weighted by atomic mass is 10.2. The van der Waals surface area contributed by atoms with Crippen molar-refractivity contribution in [1.29, 1.82) is 0 Å². The van der Waals surface area contributed by atoms with Crippen LogP contribution in [0, 0.1) is 5.82 Å². The van der Waals surface area contributed by atoms with Crippen LogP contribution in [0.25, 0.3) is 0 Å². The fourth-order valence-electron chi connectivity index (χ4n) is 2.06. The molecule has 0 fully saturated rings. The minimum Gasteiger partial charge on any atom is -0.351 e. The van der Waals surface area contributed by atoms with Crippen LogP contribution in [0.4, 0.5) is 17.6 Å². The first-order valence-corrected chi connectivity index (χ1v) is 10.3. The van der Waals surface area contributed by atoms with Crippen LogP contribution in [-0.4, -0.2) is 32.1 Å². The normalized spacial score (nSPS) is 12.0. The molecular formula is C17H15F4NO3S2. The van der Waals surface area contributed by atoms with Gasteiger partial charge in [0, 0.05) is 23.6 Å². The van der Waals surface area contributed by atoms with Crippen molar-refractivity contribution < 1.29 is 30.8 Å². The van der Waals surface area contributed by atoms with Gasteiger partial charge in [-0.25, -0.2) is 12.8 Å². The van der Waals surface area contributed by atoms with Gasteiger partial charge >= 0.3 is 5.51 Å². The van der Waals surface area contributed by atoms with E-state index in [4.69, 9.17) is 0 Å². The molecule has 0 aliphatic carbocycles. The van der Waals surface area contributed by atoms with Crippen molar-refractivity contribution in [3.05, 3.63) is 65.5 Å². The summed E-state index contributed by atoms with van der Waals surface area (Å²) in [7, 11) is -5.44. The van der Waals surface area contributed by atoms with Crippen molar-refractivity contribution >= 4 is 27.5 Å². The van der Waals surface area contributed by atoms with Crippen LogP contribution in [0.15, 0.2) is 53.4 Å². The Labute approximate surface area is 157 Å². The predicted molar refractivity (Wildman–Crippen MR) is 94.6 cm³/mol. The van der Waals surface area contributed by atoms with Gasteiger partial charge in [0.2, 0.25) is 0 Å². The molecule has 146 valence electrons. The molecule has 0 heterocycles. The Bertz CT molecular complexity index is 897. The largest absolute Gasteiger partial charge is 0.501 e. The summed E-state index contributed by atoms with van der Waals surface area (Å²) in [5, 5.41) is 2.56. The van der Waals surface area contributed by atoms with Crippen LogP contribution < -0.4 is 5.32 Å². The van der Waals surface area contributed by atoms with Gasteiger partial charge in [0.05, 0.1) is 4.90 Å². The third kappa shape index (κ3) is 5.46. The fourth-order valence-corrected chi connectivity index (χ4v) is 3.66. The van der Waals surface area contributed by atoms with Gasteiger partial charge in [0.25, 0.3) is 15.7 Å². The molecule has 0 aliphatic heterocycles. The molecule has 2 aromatic carbocycles. The van der Waals surface area contributed by atoms with E-state index in [1.54, 1.807) is 18.2 Å². The van der Waals surface area contributed by atoms with Crippen LogP contribution >= 0.6 is 11.8 Å². The van der Waals surface area contributed by atoms with E-state index in [1.807, 2.05) is 0 Å². The maximum atomic E-state index is 13.4. The van der Waals surface area contributed by atoms with Gasteiger partial charge in [-0.2, -0.15) is 24.9 Å². The molecule has 0 saturated heterocycles. The Morgan fingerprint density at radius 2 is 1.67 bits per heavy atom. The Morgan fingerprint density at radius 3 is 2.26 bits per heavy atom. The molecule has 0 unspecified atom stereocenters. The molecule has 0 radical (unpaired) electrons. The molecule has 1 N–H and O–H groups in total. The van der Waals surface area contributed by atoms with Crippen molar-refractivity contribution in [2.75, 3.05) is 12.3 Å². The maximum absolute atomic E-state index is 13.4. The number of hydrogen-bond donors (Lipinski definition) is 1. The minimum atomic E-state index is -5.44. The van der Waals surface area contributed by atoms with E-state index in [0.717, 1.165) is 24.3 Å². The Kier molecular flexibility index (Phi) is 6.88. The van der Waals surface area contributed by atoms with Crippen LogP contribution in [0.5, 0.6) is 0 Å². The van der Waals surface area contributed by atoms with Crippen LogP contribution in [0.1, 0.15) is 15.9 Å². The third-order valence-corrected chi connectivity index (χ3v) is 5.99. The lowest BCUT2D eigenvalue weighted by Crippen LogP contribution is -2.26. The van der Waals surface area contributed by atoms with Crippen molar-refractivity contribution in [2.24, 2.45) is 0 Å². The van der Waals surface area contributed by atoms with Gasteiger partial charge in [0.1, 0.15) is 5.82 Å². The highest BCUT2D eigenvalue weighted by Gasteiger charge is 2.46. The second-order valence-corrected chi connectivity index (χ2v) is 8.42. The second-order valence-electron chi connectivity index (χ2n) is 5.37. The standard InChI is InChI=1S/C17H15F4NO3S2/c18-15-4-2-1-3-13(15)11-26-10-9-22-16(23)12-5-7-14(8-6-12)27(24,25)17(19,20)21/h1-8H,9-11H2,(H,22,23). The smallest absolute Gasteiger partial charge is 0.351 e. The Balaban J connectivity index is 1.84. The number of nitrogens with one attached hydrogen (secondary N) is 1. The summed E-state index contributed by atoms with van der Waals surface area (Å²) in [6.45, 7) is 0.264. The number of carbonyl (C=O) groups is 1. The van der Waals surface area contributed by atoms with Crippen molar-refractivity contribution in [3.8, 4) is 0 Å². The number of rotatable bonds is 7. The summed E-state index contributed by atoms with van der Waals surface area (Å²) in [6, 6.07) is 9.85. The number of hydrogen-bond acceptors (Lipinski definition) is 4. The van der Waals surface area contributed by atoms with Crippen LogP contribution in [0.3, 0.4) is 0 Å². The molecule has 0 aromatic heterocycles. The highest BCUT2D eigenvalue weighted by molar-refractivity contribution is 7.98. The number of halogens is 4. The summed E-state index contributed by atoms with van der Waals surface area (Å²) in [5.74, 6) is 0.0908. The summed E-state index contributed by atoms with van der Waals surface area (Å²) < 4.78 is 73.4. The molecule has 4 nitrogen and oxygen atoms in total. The molecule has 1 amide bonds. The summed E-state index contributed by atoms with van der Waals surface area (Å²) >= 11 is 1.41. The lowest BCUT2D eigenvalue weighted by Gasteiger charge is -2.09. The first-order chi connectivity index (χ1) is 12.6. The maximum Gasteiger partial charge on any atom is 0.501 e. The quantitative estimate of drug-likeness (QED) is 0.546. The first kappa shape index (κ1) is 21.2. The van der Waals surface area contributed by atoms with Crippen molar-refractivity contribution in [3.63, 3.8) is 0 Å². The third-order valence-electron chi connectivity index (χ3n) is 3.48. The van der Waals surface area contributed by atoms with E-state index in [9.17, 15) is 30.8 Å². The highest BCUT2D eigenvalue weighted by Crippen LogP contribution is 2.30. The van der Waals surface area contributed by atoms with Gasteiger partial charge in [-0.15, -0.1) is 0 Å². The molecule has 2 aromatic rings. The van der Waals surface area contributed by atoms with Gasteiger partial charge in [0.15, 0.2) is 0 Å². The SMILES string of the molecule is O=C(NCCSCc1ccccc1F)c1ccc(S(=O)(=O)C(F)(F)F)cc1. The zero-order valence-electron chi connectivity index (χ0n) is 13.8. The van der Waals surface area contributed by atoms with Crippen molar-refractivity contribution in [2.45, 2.75) is 16.2 Å². The molecule has 0 spiro atoms. The topological polar surface area (TPSA) is 63.2 Å². The molecule has 0 atom stereocenters. The summed E-state index contributed by atoms with van der Waals surface area (Å²) in [6.07, 6.45) is 0.